The van der Waals surface area contributed by atoms with E-state index in [1.165, 1.54) is 18.2 Å². The third kappa shape index (κ3) is 4.75. The number of ketones is 1. The van der Waals surface area contributed by atoms with Crippen LogP contribution >= 0.6 is 11.6 Å². The number of rotatable bonds is 7. The van der Waals surface area contributed by atoms with Gasteiger partial charge in [-0.15, -0.1) is 0 Å². The first-order chi connectivity index (χ1) is 8.50. The van der Waals surface area contributed by atoms with Crippen LogP contribution in [0.25, 0.3) is 0 Å². The molecule has 0 saturated carbocycles. The van der Waals surface area contributed by atoms with E-state index in [4.69, 9.17) is 16.7 Å². The summed E-state index contributed by atoms with van der Waals surface area (Å²) in [4.78, 5) is 22.1. The summed E-state index contributed by atoms with van der Waals surface area (Å²) in [5, 5.41) is 18.4. The van der Waals surface area contributed by atoms with Gasteiger partial charge in [0, 0.05) is 17.9 Å². The molecule has 98 valence electrons. The molecule has 0 unspecified atom stereocenters. The maximum absolute atomic E-state index is 11.8. The predicted octanol–water partition coefficient (Wildman–Crippen LogP) is 3.26. The molecule has 1 aromatic rings. The van der Waals surface area contributed by atoms with Crippen molar-refractivity contribution in [1.29, 1.82) is 0 Å². The van der Waals surface area contributed by atoms with Gasteiger partial charge in [0.25, 0.3) is 0 Å². The first-order valence-corrected chi connectivity index (χ1v) is 6.12. The summed E-state index contributed by atoms with van der Waals surface area (Å²) in [5.74, 6) is -1.07. The highest BCUT2D eigenvalue weighted by Gasteiger charge is 2.11. The van der Waals surface area contributed by atoms with Gasteiger partial charge in [-0.2, -0.15) is 0 Å². The van der Waals surface area contributed by atoms with Gasteiger partial charge < -0.3 is 10.2 Å². The van der Waals surface area contributed by atoms with Crippen LogP contribution in [0, 0.1) is 0 Å². The standard InChI is InChI=1S/C13H15ClO4/c14-9-6-7-12(16)10(8-9)11(15)4-2-1-3-5-13(17)18/h6-8,16H,1-5H2,(H,17,18). The summed E-state index contributed by atoms with van der Waals surface area (Å²) in [6, 6.07) is 4.34. The van der Waals surface area contributed by atoms with Crippen LogP contribution in [0.5, 0.6) is 5.75 Å². The van der Waals surface area contributed by atoms with Crippen molar-refractivity contribution in [2.24, 2.45) is 0 Å². The van der Waals surface area contributed by atoms with Crippen molar-refractivity contribution < 1.29 is 19.8 Å². The predicted molar refractivity (Wildman–Crippen MR) is 68.2 cm³/mol. The highest BCUT2D eigenvalue weighted by atomic mass is 35.5. The van der Waals surface area contributed by atoms with E-state index in [0.29, 0.717) is 24.3 Å². The number of hydrogen-bond acceptors (Lipinski definition) is 3. The lowest BCUT2D eigenvalue weighted by Crippen LogP contribution is -2.00. The fraction of sp³-hybridized carbons (Fsp3) is 0.385. The van der Waals surface area contributed by atoms with Crippen LogP contribution in [0.3, 0.4) is 0 Å². The van der Waals surface area contributed by atoms with Gasteiger partial charge >= 0.3 is 5.97 Å². The monoisotopic (exact) mass is 270 g/mol. The maximum atomic E-state index is 11.8. The maximum Gasteiger partial charge on any atom is 0.303 e. The molecule has 0 aliphatic carbocycles. The molecule has 0 aliphatic heterocycles. The molecule has 5 heteroatoms. The van der Waals surface area contributed by atoms with E-state index in [1.807, 2.05) is 0 Å². The van der Waals surface area contributed by atoms with Crippen LogP contribution in [0.1, 0.15) is 42.5 Å². The van der Waals surface area contributed by atoms with Crippen molar-refractivity contribution in [2.45, 2.75) is 32.1 Å². The number of unbranched alkanes of at least 4 members (excludes halogenated alkanes) is 2. The molecular formula is C13H15ClO4. The fourth-order valence-electron chi connectivity index (χ4n) is 1.60. The average Bonchev–Trinajstić information content (AvgIpc) is 2.31. The van der Waals surface area contributed by atoms with Crippen LogP contribution < -0.4 is 0 Å². The van der Waals surface area contributed by atoms with Gasteiger partial charge in [-0.25, -0.2) is 0 Å². The molecule has 0 fully saturated rings. The van der Waals surface area contributed by atoms with E-state index >= 15 is 0 Å². The zero-order valence-electron chi connectivity index (χ0n) is 9.86. The molecule has 0 saturated heterocycles. The lowest BCUT2D eigenvalue weighted by atomic mass is 10.0. The fourth-order valence-corrected chi connectivity index (χ4v) is 1.78. The van der Waals surface area contributed by atoms with Crippen molar-refractivity contribution in [3.63, 3.8) is 0 Å². The normalized spacial score (nSPS) is 10.3. The highest BCUT2D eigenvalue weighted by Crippen LogP contribution is 2.23. The highest BCUT2D eigenvalue weighted by molar-refractivity contribution is 6.31. The second kappa shape index (κ2) is 7.01. The molecule has 0 amide bonds. The molecule has 0 atom stereocenters. The Morgan fingerprint density at radius 2 is 1.78 bits per heavy atom. The second-order valence-electron chi connectivity index (χ2n) is 4.04. The largest absolute Gasteiger partial charge is 0.507 e. The first kappa shape index (κ1) is 14.5. The molecule has 4 nitrogen and oxygen atoms in total. The lowest BCUT2D eigenvalue weighted by molar-refractivity contribution is -0.137. The number of halogens is 1. The van der Waals surface area contributed by atoms with Gasteiger partial charge in [0.15, 0.2) is 5.78 Å². The molecule has 0 bridgehead atoms. The van der Waals surface area contributed by atoms with E-state index in [0.717, 1.165) is 0 Å². The second-order valence-corrected chi connectivity index (χ2v) is 4.48. The minimum atomic E-state index is -0.825. The number of benzene rings is 1. The number of phenols is 1. The van der Waals surface area contributed by atoms with E-state index < -0.39 is 5.97 Å². The van der Waals surface area contributed by atoms with Crippen LogP contribution in [0.15, 0.2) is 18.2 Å². The van der Waals surface area contributed by atoms with Gasteiger partial charge in [-0.1, -0.05) is 18.0 Å². The van der Waals surface area contributed by atoms with Crippen molar-refractivity contribution >= 4 is 23.4 Å². The molecule has 0 radical (unpaired) electrons. The topological polar surface area (TPSA) is 74.6 Å². The number of Topliss-reactive ketones (excluding diaryl/α,β-unsaturated/α-hetero) is 1. The Bertz CT molecular complexity index is 443. The SMILES string of the molecule is O=C(O)CCCCCC(=O)c1cc(Cl)ccc1O. The van der Waals surface area contributed by atoms with Gasteiger partial charge in [0.2, 0.25) is 0 Å². The van der Waals surface area contributed by atoms with E-state index in [1.54, 1.807) is 0 Å². The van der Waals surface area contributed by atoms with Crippen LogP contribution in [0.4, 0.5) is 0 Å². The molecule has 2 N–H and O–H groups in total. The molecule has 18 heavy (non-hydrogen) atoms. The minimum Gasteiger partial charge on any atom is -0.507 e. The van der Waals surface area contributed by atoms with Crippen molar-refractivity contribution in [2.75, 3.05) is 0 Å². The number of carbonyl (C=O) groups excluding carboxylic acids is 1. The Labute approximate surface area is 110 Å². The summed E-state index contributed by atoms with van der Waals surface area (Å²) >= 11 is 5.75. The number of carboxylic acids is 1. The van der Waals surface area contributed by atoms with Gasteiger partial charge in [-0.3, -0.25) is 9.59 Å². The summed E-state index contributed by atoms with van der Waals surface area (Å²) < 4.78 is 0. The number of carboxylic acid groups (broad SMARTS) is 1. The molecule has 1 aromatic carbocycles. The van der Waals surface area contributed by atoms with Crippen molar-refractivity contribution in [3.05, 3.63) is 28.8 Å². The molecule has 0 aliphatic rings. The average molecular weight is 271 g/mol. The zero-order valence-corrected chi connectivity index (χ0v) is 10.6. The third-order valence-electron chi connectivity index (χ3n) is 2.55. The number of phenolic OH excluding ortho intramolecular Hbond substituents is 1. The summed E-state index contributed by atoms with van der Waals surface area (Å²) in [5.41, 5.74) is 0.223. The van der Waals surface area contributed by atoms with Crippen LogP contribution in [0.2, 0.25) is 5.02 Å². The van der Waals surface area contributed by atoms with Gasteiger partial charge in [0.1, 0.15) is 5.75 Å². The van der Waals surface area contributed by atoms with Crippen LogP contribution in [-0.2, 0) is 4.79 Å². The van der Waals surface area contributed by atoms with Crippen LogP contribution in [-0.4, -0.2) is 22.0 Å². The molecule has 0 aromatic heterocycles. The Kier molecular flexibility index (Phi) is 5.65. The molecule has 1 rings (SSSR count). The quantitative estimate of drug-likeness (QED) is 0.589. The summed E-state index contributed by atoms with van der Waals surface area (Å²) in [6.07, 6.45) is 2.26. The van der Waals surface area contributed by atoms with E-state index in [-0.39, 0.29) is 29.9 Å². The van der Waals surface area contributed by atoms with Gasteiger partial charge in [0.05, 0.1) is 5.56 Å². The molecule has 0 spiro atoms. The smallest absolute Gasteiger partial charge is 0.303 e. The number of aromatic hydroxyl groups is 1. The Balaban J connectivity index is 2.41. The Morgan fingerprint density at radius 1 is 1.11 bits per heavy atom. The van der Waals surface area contributed by atoms with Crippen molar-refractivity contribution in [1.82, 2.24) is 0 Å². The number of hydrogen-bond donors (Lipinski definition) is 2. The molecular weight excluding hydrogens is 256 g/mol. The lowest BCUT2D eigenvalue weighted by Gasteiger charge is -2.04. The summed E-state index contributed by atoms with van der Waals surface area (Å²) in [6.45, 7) is 0. The number of carbonyl (C=O) groups is 2. The van der Waals surface area contributed by atoms with E-state index in [2.05, 4.69) is 0 Å². The van der Waals surface area contributed by atoms with E-state index in [9.17, 15) is 14.7 Å². The number of aliphatic carboxylic acids is 1. The Hall–Kier alpha value is -1.55. The Morgan fingerprint density at radius 3 is 2.44 bits per heavy atom. The summed E-state index contributed by atoms with van der Waals surface area (Å²) in [7, 11) is 0. The molecule has 0 heterocycles. The van der Waals surface area contributed by atoms with Crippen molar-refractivity contribution in [3.8, 4) is 5.75 Å². The first-order valence-electron chi connectivity index (χ1n) is 5.74. The minimum absolute atomic E-state index is 0.0741. The third-order valence-corrected chi connectivity index (χ3v) is 2.79. The van der Waals surface area contributed by atoms with Gasteiger partial charge in [-0.05, 0) is 31.0 Å². The zero-order chi connectivity index (χ0) is 13.5.